The summed E-state index contributed by atoms with van der Waals surface area (Å²) in [5.74, 6) is 6.15. The third-order valence-corrected chi connectivity index (χ3v) is 2.60. The van der Waals surface area contributed by atoms with E-state index in [4.69, 9.17) is 9.84 Å². The predicted octanol–water partition coefficient (Wildman–Crippen LogP) is 1.82. The Morgan fingerprint density at radius 2 is 2.05 bits per heavy atom. The van der Waals surface area contributed by atoms with Crippen LogP contribution >= 0.6 is 0 Å². The van der Waals surface area contributed by atoms with Crippen molar-refractivity contribution in [2.75, 3.05) is 26.4 Å². The number of carbonyl (C=O) groups is 1. The Labute approximate surface area is 126 Å². The summed E-state index contributed by atoms with van der Waals surface area (Å²) in [5, 5.41) is 11.5. The zero-order valence-electron chi connectivity index (χ0n) is 12.7. The molecule has 0 aliphatic rings. The Kier molecular flexibility index (Phi) is 8.18. The van der Waals surface area contributed by atoms with Crippen LogP contribution in [0, 0.1) is 17.8 Å². The van der Waals surface area contributed by atoms with Crippen molar-refractivity contribution in [3.63, 3.8) is 0 Å². The average molecular weight is 289 g/mol. The minimum Gasteiger partial charge on any atom is -0.395 e. The maximum Gasteiger partial charge on any atom is 0.251 e. The monoisotopic (exact) mass is 289 g/mol. The number of carbonyl (C=O) groups excluding carboxylic acids is 1. The molecular weight excluding hydrogens is 266 g/mol. The highest BCUT2D eigenvalue weighted by atomic mass is 16.5. The standard InChI is InChI=1S/C17H23NO3/c1-14(2)13-21-12-10-18-17(20)16-8-6-15(7-9-16)5-3-4-11-19/h6-9,14,19H,4,10-13H2,1-2H3,(H,18,20). The molecule has 4 nitrogen and oxygen atoms in total. The highest BCUT2D eigenvalue weighted by molar-refractivity contribution is 5.94. The molecule has 0 atom stereocenters. The lowest BCUT2D eigenvalue weighted by Gasteiger charge is -2.08. The van der Waals surface area contributed by atoms with Crippen molar-refractivity contribution in [3.05, 3.63) is 35.4 Å². The van der Waals surface area contributed by atoms with Gasteiger partial charge in [-0.15, -0.1) is 0 Å². The van der Waals surface area contributed by atoms with Crippen LogP contribution in [-0.2, 0) is 4.74 Å². The van der Waals surface area contributed by atoms with Crippen molar-refractivity contribution >= 4 is 5.91 Å². The minimum absolute atomic E-state index is 0.0619. The highest BCUT2D eigenvalue weighted by Gasteiger charge is 2.04. The van der Waals surface area contributed by atoms with Gasteiger partial charge in [0.2, 0.25) is 0 Å². The van der Waals surface area contributed by atoms with Crippen LogP contribution in [0.5, 0.6) is 0 Å². The fraction of sp³-hybridized carbons (Fsp3) is 0.471. The van der Waals surface area contributed by atoms with Gasteiger partial charge >= 0.3 is 0 Å². The normalized spacial score (nSPS) is 10.1. The molecule has 0 heterocycles. The van der Waals surface area contributed by atoms with E-state index in [-0.39, 0.29) is 12.5 Å². The molecule has 0 aliphatic carbocycles. The van der Waals surface area contributed by atoms with E-state index in [1.54, 1.807) is 24.3 Å². The predicted molar refractivity (Wildman–Crippen MR) is 83.0 cm³/mol. The summed E-state index contributed by atoms with van der Waals surface area (Å²) in [6.45, 7) is 5.97. The molecule has 0 radical (unpaired) electrons. The third-order valence-electron chi connectivity index (χ3n) is 2.60. The molecular formula is C17H23NO3. The quantitative estimate of drug-likeness (QED) is 0.594. The lowest BCUT2D eigenvalue weighted by atomic mass is 10.1. The highest BCUT2D eigenvalue weighted by Crippen LogP contribution is 2.03. The number of hydrogen-bond donors (Lipinski definition) is 2. The summed E-state index contributed by atoms with van der Waals surface area (Å²) in [5.41, 5.74) is 1.44. The van der Waals surface area contributed by atoms with Crippen LogP contribution < -0.4 is 5.32 Å². The SMILES string of the molecule is CC(C)COCCNC(=O)c1ccc(C#CCCO)cc1. The van der Waals surface area contributed by atoms with Gasteiger partial charge in [-0.1, -0.05) is 25.7 Å². The van der Waals surface area contributed by atoms with E-state index in [1.807, 2.05) is 0 Å². The van der Waals surface area contributed by atoms with E-state index in [0.29, 0.717) is 37.7 Å². The molecule has 4 heteroatoms. The first-order chi connectivity index (χ1) is 10.1. The van der Waals surface area contributed by atoms with Crippen molar-refractivity contribution in [3.8, 4) is 11.8 Å². The molecule has 0 fully saturated rings. The molecule has 1 aromatic rings. The molecule has 0 spiro atoms. The number of hydrogen-bond acceptors (Lipinski definition) is 3. The minimum atomic E-state index is -0.113. The van der Waals surface area contributed by atoms with Gasteiger partial charge in [-0.25, -0.2) is 0 Å². The van der Waals surface area contributed by atoms with E-state index in [2.05, 4.69) is 31.0 Å². The maximum absolute atomic E-state index is 11.9. The molecule has 1 rings (SSSR count). The third kappa shape index (κ3) is 7.50. The fourth-order valence-electron chi connectivity index (χ4n) is 1.58. The number of benzene rings is 1. The summed E-state index contributed by atoms with van der Waals surface area (Å²) < 4.78 is 5.40. The molecule has 1 aromatic carbocycles. The number of aliphatic hydroxyl groups is 1. The second kappa shape index (κ2) is 9.98. The molecule has 0 aromatic heterocycles. The average Bonchev–Trinajstić information content (AvgIpc) is 2.47. The van der Waals surface area contributed by atoms with Crippen molar-refractivity contribution in [2.24, 2.45) is 5.92 Å². The fourth-order valence-corrected chi connectivity index (χ4v) is 1.58. The molecule has 114 valence electrons. The number of ether oxygens (including phenoxy) is 1. The maximum atomic E-state index is 11.9. The van der Waals surface area contributed by atoms with Crippen LogP contribution in [-0.4, -0.2) is 37.4 Å². The largest absolute Gasteiger partial charge is 0.395 e. The Hall–Kier alpha value is -1.83. The molecule has 0 saturated carbocycles. The van der Waals surface area contributed by atoms with Crippen molar-refractivity contribution in [1.82, 2.24) is 5.32 Å². The van der Waals surface area contributed by atoms with Crippen molar-refractivity contribution in [1.29, 1.82) is 0 Å². The van der Waals surface area contributed by atoms with E-state index in [0.717, 1.165) is 5.56 Å². The Morgan fingerprint density at radius 1 is 1.33 bits per heavy atom. The first-order valence-corrected chi connectivity index (χ1v) is 7.19. The molecule has 0 bridgehead atoms. The van der Waals surface area contributed by atoms with E-state index < -0.39 is 0 Å². The lowest BCUT2D eigenvalue weighted by Crippen LogP contribution is -2.27. The summed E-state index contributed by atoms with van der Waals surface area (Å²) in [7, 11) is 0. The van der Waals surface area contributed by atoms with E-state index >= 15 is 0 Å². The van der Waals surface area contributed by atoms with Gasteiger partial charge in [-0.2, -0.15) is 0 Å². The Bertz CT molecular complexity index is 483. The van der Waals surface area contributed by atoms with Gasteiger partial charge in [0, 0.05) is 30.7 Å². The summed E-state index contributed by atoms with van der Waals surface area (Å²) >= 11 is 0. The van der Waals surface area contributed by atoms with E-state index in [9.17, 15) is 4.79 Å². The van der Waals surface area contributed by atoms with Crippen LogP contribution in [0.25, 0.3) is 0 Å². The van der Waals surface area contributed by atoms with E-state index in [1.165, 1.54) is 0 Å². The smallest absolute Gasteiger partial charge is 0.251 e. The molecule has 2 N–H and O–H groups in total. The molecule has 0 saturated heterocycles. The van der Waals surface area contributed by atoms with Gasteiger partial charge < -0.3 is 15.2 Å². The van der Waals surface area contributed by atoms with Crippen LogP contribution in [0.2, 0.25) is 0 Å². The zero-order valence-corrected chi connectivity index (χ0v) is 12.7. The van der Waals surface area contributed by atoms with Gasteiger partial charge in [0.25, 0.3) is 5.91 Å². The van der Waals surface area contributed by atoms with Crippen LogP contribution in [0.4, 0.5) is 0 Å². The van der Waals surface area contributed by atoms with Gasteiger partial charge in [0.1, 0.15) is 0 Å². The van der Waals surface area contributed by atoms with Gasteiger partial charge in [-0.3, -0.25) is 4.79 Å². The second-order valence-corrected chi connectivity index (χ2v) is 5.08. The lowest BCUT2D eigenvalue weighted by molar-refractivity contribution is 0.0886. The first-order valence-electron chi connectivity index (χ1n) is 7.19. The number of rotatable bonds is 7. The number of nitrogens with one attached hydrogen (secondary N) is 1. The topological polar surface area (TPSA) is 58.6 Å². The van der Waals surface area contributed by atoms with Crippen LogP contribution in [0.15, 0.2) is 24.3 Å². The summed E-state index contributed by atoms with van der Waals surface area (Å²) in [4.78, 5) is 11.9. The van der Waals surface area contributed by atoms with Gasteiger partial charge in [-0.05, 0) is 30.2 Å². The molecule has 0 unspecified atom stereocenters. The van der Waals surface area contributed by atoms with Gasteiger partial charge in [0.15, 0.2) is 0 Å². The Balaban J connectivity index is 2.36. The van der Waals surface area contributed by atoms with Crippen molar-refractivity contribution < 1.29 is 14.6 Å². The first kappa shape index (κ1) is 17.2. The summed E-state index contributed by atoms with van der Waals surface area (Å²) in [6, 6.07) is 7.09. The Morgan fingerprint density at radius 3 is 2.67 bits per heavy atom. The number of aliphatic hydroxyl groups excluding tert-OH is 1. The summed E-state index contributed by atoms with van der Waals surface area (Å²) in [6.07, 6.45) is 0.457. The zero-order chi connectivity index (χ0) is 15.5. The van der Waals surface area contributed by atoms with Crippen LogP contribution in [0.3, 0.4) is 0 Å². The van der Waals surface area contributed by atoms with Crippen LogP contribution in [0.1, 0.15) is 36.2 Å². The second-order valence-electron chi connectivity index (χ2n) is 5.08. The number of amides is 1. The molecule has 21 heavy (non-hydrogen) atoms. The molecule has 1 amide bonds. The molecule has 0 aliphatic heterocycles. The van der Waals surface area contributed by atoms with Gasteiger partial charge in [0.05, 0.1) is 13.2 Å². The van der Waals surface area contributed by atoms with Crippen molar-refractivity contribution in [2.45, 2.75) is 20.3 Å².